The van der Waals surface area contributed by atoms with E-state index in [2.05, 4.69) is 29.2 Å². The van der Waals surface area contributed by atoms with Gasteiger partial charge in [0.1, 0.15) is 4.90 Å². The molecule has 0 spiro atoms. The van der Waals surface area contributed by atoms with Gasteiger partial charge in [0.2, 0.25) is 0 Å². The Kier molecular flexibility index (Phi) is 5.08. The number of rotatable bonds is 7. The number of aryl methyl sites for hydroxylation is 2. The summed E-state index contributed by atoms with van der Waals surface area (Å²) in [4.78, 5) is 4.57. The van der Waals surface area contributed by atoms with Gasteiger partial charge < -0.3 is 10.2 Å². The van der Waals surface area contributed by atoms with Gasteiger partial charge in [-0.2, -0.15) is 8.42 Å². The maximum Gasteiger partial charge on any atom is 0.295 e. The summed E-state index contributed by atoms with van der Waals surface area (Å²) in [6.45, 7) is 5.22. The monoisotopic (exact) mass is 412 g/mol. The molecule has 0 aliphatic rings. The third-order valence-electron chi connectivity index (χ3n) is 5.56. The molecule has 152 valence electrons. The maximum atomic E-state index is 12.0. The van der Waals surface area contributed by atoms with Crippen molar-refractivity contribution in [2.24, 2.45) is 5.90 Å². The van der Waals surface area contributed by atoms with Crippen LogP contribution in [0.25, 0.3) is 32.3 Å². The zero-order valence-corrected chi connectivity index (χ0v) is 17.3. The van der Waals surface area contributed by atoms with E-state index in [1.54, 1.807) is 12.1 Å². The van der Waals surface area contributed by atoms with Crippen molar-refractivity contribution in [1.29, 1.82) is 0 Å². The zero-order chi connectivity index (χ0) is 20.8. The van der Waals surface area contributed by atoms with Crippen LogP contribution in [-0.2, 0) is 15.0 Å². The number of unbranched alkanes of at least 4 members (excludes halogenated alkanes) is 1. The summed E-state index contributed by atoms with van der Waals surface area (Å²) in [5.74, 6) is 5.07. The fraction of sp³-hybridized carbons (Fsp3) is 0.273. The normalized spacial score (nSPS) is 12.4. The van der Waals surface area contributed by atoms with Gasteiger partial charge >= 0.3 is 0 Å². The highest BCUT2D eigenvalue weighted by Crippen LogP contribution is 2.42. The number of anilines is 1. The highest BCUT2D eigenvalue weighted by Gasteiger charge is 2.21. The third-order valence-corrected chi connectivity index (χ3v) is 6.45. The minimum atomic E-state index is -4.33. The molecule has 0 unspecified atom stereocenters. The molecule has 0 aliphatic carbocycles. The average molecular weight is 413 g/mol. The van der Waals surface area contributed by atoms with Gasteiger partial charge in [-0.1, -0.05) is 24.3 Å². The standard InChI is InChI=1S/C22H24N2O4S/c1-13-11-19(24-9-3-4-10-28-23)17-7-8-18-20(29(25,26)27)12-14(2)16-6-5-15(13)21(17)22(16)18/h5-8,11-12,24H,3-4,9-10,23H2,1-2H3,(H,25,26,27). The molecule has 0 saturated heterocycles. The predicted molar refractivity (Wildman–Crippen MR) is 117 cm³/mol. The van der Waals surface area contributed by atoms with Gasteiger partial charge in [-0.15, -0.1) is 0 Å². The van der Waals surface area contributed by atoms with E-state index in [-0.39, 0.29) is 4.90 Å². The Morgan fingerprint density at radius 2 is 1.52 bits per heavy atom. The molecule has 4 aromatic carbocycles. The lowest BCUT2D eigenvalue weighted by Gasteiger charge is -2.19. The minimum absolute atomic E-state index is 0.0466. The van der Waals surface area contributed by atoms with Crippen LogP contribution < -0.4 is 11.2 Å². The van der Waals surface area contributed by atoms with Crippen LogP contribution in [0.2, 0.25) is 0 Å². The Bertz CT molecular complexity index is 1320. The summed E-state index contributed by atoms with van der Waals surface area (Å²) >= 11 is 0. The van der Waals surface area contributed by atoms with Crippen molar-refractivity contribution in [1.82, 2.24) is 0 Å². The van der Waals surface area contributed by atoms with E-state index < -0.39 is 10.1 Å². The molecule has 0 aromatic heterocycles. The van der Waals surface area contributed by atoms with Crippen LogP contribution in [0.15, 0.2) is 41.3 Å². The fourth-order valence-electron chi connectivity index (χ4n) is 4.20. The number of nitrogens with one attached hydrogen (secondary N) is 1. The van der Waals surface area contributed by atoms with E-state index >= 15 is 0 Å². The molecule has 4 N–H and O–H groups in total. The second-order valence-electron chi connectivity index (χ2n) is 7.48. The molecule has 0 aliphatic heterocycles. The van der Waals surface area contributed by atoms with Crippen LogP contribution >= 0.6 is 0 Å². The minimum Gasteiger partial charge on any atom is -0.385 e. The molecule has 0 amide bonds. The Balaban J connectivity index is 1.97. The summed E-state index contributed by atoms with van der Waals surface area (Å²) < 4.78 is 33.8. The van der Waals surface area contributed by atoms with E-state index in [1.165, 1.54) is 0 Å². The lowest BCUT2D eigenvalue weighted by Crippen LogP contribution is -2.06. The quantitative estimate of drug-likeness (QED) is 0.178. The molecular weight excluding hydrogens is 388 g/mol. The second-order valence-corrected chi connectivity index (χ2v) is 8.87. The van der Waals surface area contributed by atoms with Gasteiger partial charge in [0.25, 0.3) is 10.1 Å². The van der Waals surface area contributed by atoms with Crippen molar-refractivity contribution in [2.75, 3.05) is 18.5 Å². The molecule has 0 radical (unpaired) electrons. The summed E-state index contributed by atoms with van der Waals surface area (Å²) in [7, 11) is -4.33. The van der Waals surface area contributed by atoms with Crippen LogP contribution in [0, 0.1) is 13.8 Å². The third kappa shape index (κ3) is 3.40. The van der Waals surface area contributed by atoms with Crippen molar-refractivity contribution >= 4 is 48.1 Å². The van der Waals surface area contributed by atoms with E-state index in [1.807, 2.05) is 19.1 Å². The Morgan fingerprint density at radius 3 is 2.17 bits per heavy atom. The lowest BCUT2D eigenvalue weighted by molar-refractivity contribution is 0.134. The molecular formula is C22H24N2O4S. The van der Waals surface area contributed by atoms with Gasteiger partial charge in [-0.3, -0.25) is 4.55 Å². The number of hydrogen-bond donors (Lipinski definition) is 3. The molecule has 0 heterocycles. The molecule has 4 rings (SSSR count). The maximum absolute atomic E-state index is 12.0. The topological polar surface area (TPSA) is 102 Å². The second kappa shape index (κ2) is 7.42. The summed E-state index contributed by atoms with van der Waals surface area (Å²) in [6, 6.07) is 11.5. The molecule has 6 nitrogen and oxygen atoms in total. The van der Waals surface area contributed by atoms with Crippen LogP contribution in [0.5, 0.6) is 0 Å². The van der Waals surface area contributed by atoms with Gasteiger partial charge in [0.05, 0.1) is 6.61 Å². The number of nitrogens with two attached hydrogens (primary N) is 1. The van der Waals surface area contributed by atoms with Crippen LogP contribution in [-0.4, -0.2) is 26.1 Å². The van der Waals surface area contributed by atoms with Gasteiger partial charge in [-0.25, -0.2) is 5.90 Å². The van der Waals surface area contributed by atoms with Gasteiger partial charge in [-0.05, 0) is 71.5 Å². The molecule has 0 atom stereocenters. The van der Waals surface area contributed by atoms with E-state index in [0.717, 1.165) is 63.1 Å². The average Bonchev–Trinajstić information content (AvgIpc) is 2.68. The van der Waals surface area contributed by atoms with Crippen molar-refractivity contribution in [2.45, 2.75) is 31.6 Å². The lowest BCUT2D eigenvalue weighted by atomic mass is 9.89. The summed E-state index contributed by atoms with van der Waals surface area (Å²) in [5.41, 5.74) is 2.93. The van der Waals surface area contributed by atoms with Crippen LogP contribution in [0.1, 0.15) is 24.0 Å². The van der Waals surface area contributed by atoms with Crippen LogP contribution in [0.4, 0.5) is 5.69 Å². The molecule has 0 bridgehead atoms. The first kappa shape index (κ1) is 19.8. The van der Waals surface area contributed by atoms with E-state index in [0.29, 0.717) is 12.0 Å². The SMILES string of the molecule is Cc1cc(NCCCCON)c2ccc3c(S(=O)(=O)O)cc(C)c4ccc1c2c43. The van der Waals surface area contributed by atoms with Crippen molar-refractivity contribution < 1.29 is 17.8 Å². The number of hydrogen-bond acceptors (Lipinski definition) is 5. The highest BCUT2D eigenvalue weighted by atomic mass is 32.2. The predicted octanol–water partition coefficient (Wildman–Crippen LogP) is 4.53. The summed E-state index contributed by atoms with van der Waals surface area (Å²) in [5, 5.41) is 9.02. The smallest absolute Gasteiger partial charge is 0.295 e. The Labute approximate surface area is 169 Å². The zero-order valence-electron chi connectivity index (χ0n) is 16.5. The van der Waals surface area contributed by atoms with Gasteiger partial charge in [0.15, 0.2) is 0 Å². The van der Waals surface area contributed by atoms with Crippen LogP contribution in [0.3, 0.4) is 0 Å². The van der Waals surface area contributed by atoms with Crippen molar-refractivity contribution in [3.8, 4) is 0 Å². The first-order valence-corrected chi connectivity index (χ1v) is 11.0. The summed E-state index contributed by atoms with van der Waals surface area (Å²) in [6.07, 6.45) is 1.79. The fourth-order valence-corrected chi connectivity index (χ4v) is 4.97. The van der Waals surface area contributed by atoms with E-state index in [9.17, 15) is 13.0 Å². The van der Waals surface area contributed by atoms with E-state index in [4.69, 9.17) is 5.90 Å². The number of benzene rings is 4. The molecule has 29 heavy (non-hydrogen) atoms. The Morgan fingerprint density at radius 1 is 0.931 bits per heavy atom. The van der Waals surface area contributed by atoms with Crippen molar-refractivity contribution in [3.63, 3.8) is 0 Å². The molecule has 0 saturated carbocycles. The van der Waals surface area contributed by atoms with Gasteiger partial charge in [0, 0.05) is 23.0 Å². The first-order valence-electron chi connectivity index (χ1n) is 9.57. The highest BCUT2D eigenvalue weighted by molar-refractivity contribution is 7.86. The molecule has 4 aromatic rings. The first-order chi connectivity index (χ1) is 13.8. The molecule has 7 heteroatoms. The molecule has 0 fully saturated rings. The Hall–Kier alpha value is -2.45. The largest absolute Gasteiger partial charge is 0.385 e. The van der Waals surface area contributed by atoms with Crippen molar-refractivity contribution in [3.05, 3.63) is 47.5 Å².